The average Bonchev–Trinajstić information content (AvgIpc) is 3.19. The topological polar surface area (TPSA) is 97.2 Å². The molecule has 2 aromatic rings. The maximum absolute atomic E-state index is 11.9. The van der Waals surface area contributed by atoms with E-state index in [-0.39, 0.29) is 25.0 Å². The minimum Gasteiger partial charge on any atom is -0.390 e. The van der Waals surface area contributed by atoms with Gasteiger partial charge >= 0.3 is 0 Å². The molecule has 2 N–H and O–H groups in total. The van der Waals surface area contributed by atoms with Crippen molar-refractivity contribution in [1.82, 2.24) is 15.2 Å². The number of rotatable bonds is 5. The molecule has 1 aliphatic rings. The smallest absolute Gasteiger partial charge is 0.233 e. The van der Waals surface area contributed by atoms with E-state index in [1.165, 1.54) is 22.7 Å². The van der Waals surface area contributed by atoms with Crippen molar-refractivity contribution in [1.29, 1.82) is 0 Å². The largest absolute Gasteiger partial charge is 0.390 e. The number of thiazole rings is 1. The molecule has 1 amide bonds. The van der Waals surface area contributed by atoms with E-state index in [2.05, 4.69) is 20.5 Å². The number of carbonyl (C=O) groups excluding carboxylic acids is 1. The number of hydrogen-bond donors (Lipinski definition) is 2. The summed E-state index contributed by atoms with van der Waals surface area (Å²) in [5, 5.41) is 23.4. The van der Waals surface area contributed by atoms with Crippen LogP contribution in [0.2, 0.25) is 0 Å². The van der Waals surface area contributed by atoms with Crippen molar-refractivity contribution in [3.05, 3.63) is 21.1 Å². The third kappa shape index (κ3) is 3.62. The lowest BCUT2D eigenvalue weighted by Crippen LogP contribution is -2.14. The standard InChI is InChI=1S/C12H14N4O3S2/c17-5-7-6-20-10(13-7)4-9(18)14-12-16-15-11(21-12)8-2-1-3-19-8/h6,8,17H,1-5H2,(H,14,16,18). The van der Waals surface area contributed by atoms with E-state index in [0.717, 1.165) is 24.5 Å². The van der Waals surface area contributed by atoms with Crippen molar-refractivity contribution >= 4 is 33.7 Å². The third-order valence-electron chi connectivity index (χ3n) is 2.97. The quantitative estimate of drug-likeness (QED) is 0.864. The molecule has 1 aliphatic heterocycles. The first-order chi connectivity index (χ1) is 10.2. The number of aromatic nitrogens is 3. The van der Waals surface area contributed by atoms with Gasteiger partial charge in [0.1, 0.15) is 16.1 Å². The Morgan fingerprint density at radius 1 is 1.52 bits per heavy atom. The van der Waals surface area contributed by atoms with E-state index in [1.54, 1.807) is 5.38 Å². The van der Waals surface area contributed by atoms with E-state index in [9.17, 15) is 4.79 Å². The van der Waals surface area contributed by atoms with Gasteiger partial charge in [0.05, 0.1) is 18.7 Å². The van der Waals surface area contributed by atoms with E-state index < -0.39 is 0 Å². The number of aliphatic hydroxyl groups is 1. The van der Waals surface area contributed by atoms with Crippen LogP contribution in [0.4, 0.5) is 5.13 Å². The highest BCUT2D eigenvalue weighted by Crippen LogP contribution is 2.31. The number of carbonyl (C=O) groups is 1. The first kappa shape index (κ1) is 14.5. The second kappa shape index (κ2) is 6.56. The number of hydrogen-bond acceptors (Lipinski definition) is 8. The van der Waals surface area contributed by atoms with Gasteiger partial charge in [-0.2, -0.15) is 0 Å². The van der Waals surface area contributed by atoms with Gasteiger partial charge in [0, 0.05) is 12.0 Å². The van der Waals surface area contributed by atoms with E-state index >= 15 is 0 Å². The summed E-state index contributed by atoms with van der Waals surface area (Å²) in [4.78, 5) is 16.0. The Morgan fingerprint density at radius 3 is 3.14 bits per heavy atom. The Bertz CT molecular complexity index is 622. The van der Waals surface area contributed by atoms with Crippen LogP contribution in [0.1, 0.15) is 34.7 Å². The van der Waals surface area contributed by atoms with Gasteiger partial charge in [-0.05, 0) is 12.8 Å². The second-order valence-corrected chi connectivity index (χ2v) is 6.51. The summed E-state index contributed by atoms with van der Waals surface area (Å²) in [6.45, 7) is 0.641. The second-order valence-electron chi connectivity index (χ2n) is 4.56. The van der Waals surface area contributed by atoms with Gasteiger partial charge in [-0.25, -0.2) is 4.98 Å². The fourth-order valence-corrected chi connectivity index (χ4v) is 3.62. The molecule has 1 unspecified atom stereocenters. The number of aliphatic hydroxyl groups excluding tert-OH is 1. The van der Waals surface area contributed by atoms with Gasteiger partial charge < -0.3 is 15.2 Å². The molecule has 9 heteroatoms. The van der Waals surface area contributed by atoms with Crippen LogP contribution in [0, 0.1) is 0 Å². The molecule has 0 aromatic carbocycles. The van der Waals surface area contributed by atoms with Gasteiger partial charge in [0.2, 0.25) is 11.0 Å². The summed E-state index contributed by atoms with van der Waals surface area (Å²) >= 11 is 2.70. The summed E-state index contributed by atoms with van der Waals surface area (Å²) in [5.41, 5.74) is 0.583. The normalized spacial score (nSPS) is 18.0. The van der Waals surface area contributed by atoms with Gasteiger partial charge in [-0.3, -0.25) is 4.79 Å². The highest BCUT2D eigenvalue weighted by Gasteiger charge is 2.22. The zero-order valence-corrected chi connectivity index (χ0v) is 12.7. The van der Waals surface area contributed by atoms with Crippen LogP contribution in [-0.4, -0.2) is 32.8 Å². The molecule has 0 aliphatic carbocycles. The SMILES string of the molecule is O=C(Cc1nc(CO)cs1)Nc1nnc(C2CCCO2)s1. The maximum atomic E-state index is 11.9. The Kier molecular flexibility index (Phi) is 4.54. The third-order valence-corrected chi connectivity index (χ3v) is 4.79. The van der Waals surface area contributed by atoms with Crippen molar-refractivity contribution in [2.75, 3.05) is 11.9 Å². The average molecular weight is 326 g/mol. The predicted molar refractivity (Wildman–Crippen MR) is 78.2 cm³/mol. The van der Waals surface area contributed by atoms with Crippen LogP contribution in [0.3, 0.4) is 0 Å². The molecule has 1 atom stereocenters. The minimum absolute atomic E-state index is 0.0132. The summed E-state index contributed by atoms with van der Waals surface area (Å²) in [6, 6.07) is 0. The van der Waals surface area contributed by atoms with Crippen LogP contribution >= 0.6 is 22.7 Å². The van der Waals surface area contributed by atoms with Crippen LogP contribution in [0.15, 0.2) is 5.38 Å². The van der Waals surface area contributed by atoms with Crippen LogP contribution in [0.5, 0.6) is 0 Å². The van der Waals surface area contributed by atoms with Gasteiger partial charge in [-0.15, -0.1) is 21.5 Å². The van der Waals surface area contributed by atoms with Gasteiger partial charge in [0.15, 0.2) is 0 Å². The summed E-state index contributed by atoms with van der Waals surface area (Å²) in [6.07, 6.45) is 2.16. The molecule has 21 heavy (non-hydrogen) atoms. The Labute approximate surface area is 129 Å². The molecule has 1 fully saturated rings. The molecule has 1 saturated heterocycles. The summed E-state index contributed by atoms with van der Waals surface area (Å²) < 4.78 is 5.53. The van der Waals surface area contributed by atoms with E-state index in [1.807, 2.05) is 0 Å². The Hall–Kier alpha value is -1.42. The number of ether oxygens (including phenoxy) is 1. The Balaban J connectivity index is 1.57. The first-order valence-corrected chi connectivity index (χ1v) is 8.23. The molecule has 7 nitrogen and oxygen atoms in total. The fourth-order valence-electron chi connectivity index (χ4n) is 1.99. The highest BCUT2D eigenvalue weighted by molar-refractivity contribution is 7.15. The van der Waals surface area contributed by atoms with Crippen LogP contribution in [-0.2, 0) is 22.6 Å². The molecule has 0 saturated carbocycles. The Morgan fingerprint density at radius 2 is 2.43 bits per heavy atom. The van der Waals surface area contributed by atoms with Crippen molar-refractivity contribution in [3.8, 4) is 0 Å². The molecular weight excluding hydrogens is 312 g/mol. The fraction of sp³-hybridized carbons (Fsp3) is 0.500. The monoisotopic (exact) mass is 326 g/mol. The lowest BCUT2D eigenvalue weighted by Gasteiger charge is -2.02. The molecule has 3 rings (SSSR count). The van der Waals surface area contributed by atoms with Crippen molar-refractivity contribution in [2.24, 2.45) is 0 Å². The number of nitrogens with zero attached hydrogens (tertiary/aromatic N) is 3. The molecular formula is C12H14N4O3S2. The van der Waals surface area contributed by atoms with Gasteiger partial charge in [0.25, 0.3) is 0 Å². The van der Waals surface area contributed by atoms with Crippen molar-refractivity contribution < 1.29 is 14.6 Å². The maximum Gasteiger partial charge on any atom is 0.233 e. The summed E-state index contributed by atoms with van der Waals surface area (Å²) in [7, 11) is 0. The molecule has 112 valence electrons. The molecule has 0 bridgehead atoms. The van der Waals surface area contributed by atoms with Gasteiger partial charge in [-0.1, -0.05) is 11.3 Å². The molecule has 3 heterocycles. The summed E-state index contributed by atoms with van der Waals surface area (Å²) in [5.74, 6) is -0.191. The van der Waals surface area contributed by atoms with E-state index in [4.69, 9.17) is 9.84 Å². The highest BCUT2D eigenvalue weighted by atomic mass is 32.1. The zero-order valence-electron chi connectivity index (χ0n) is 11.1. The predicted octanol–water partition coefficient (Wildman–Crippen LogP) is 1.52. The number of amides is 1. The zero-order chi connectivity index (χ0) is 14.7. The number of anilines is 1. The number of nitrogens with one attached hydrogen (secondary N) is 1. The molecule has 2 aromatic heterocycles. The minimum atomic E-state index is -0.191. The van der Waals surface area contributed by atoms with Crippen LogP contribution < -0.4 is 5.32 Å². The van der Waals surface area contributed by atoms with Crippen LogP contribution in [0.25, 0.3) is 0 Å². The lowest BCUT2D eigenvalue weighted by atomic mass is 10.2. The first-order valence-electron chi connectivity index (χ1n) is 6.53. The molecule has 0 spiro atoms. The van der Waals surface area contributed by atoms with E-state index in [0.29, 0.717) is 15.8 Å². The van der Waals surface area contributed by atoms with Crippen molar-refractivity contribution in [3.63, 3.8) is 0 Å². The van der Waals surface area contributed by atoms with Crippen molar-refractivity contribution in [2.45, 2.75) is 32.0 Å². The molecule has 0 radical (unpaired) electrons. The lowest BCUT2D eigenvalue weighted by molar-refractivity contribution is -0.115.